The zero-order valence-electron chi connectivity index (χ0n) is 13.4. The summed E-state index contributed by atoms with van der Waals surface area (Å²) < 4.78 is 0. The van der Waals surface area contributed by atoms with E-state index in [-0.39, 0.29) is 5.54 Å². The first-order valence-corrected chi connectivity index (χ1v) is 8.49. The molecule has 2 nitrogen and oxygen atoms in total. The van der Waals surface area contributed by atoms with Crippen LogP contribution >= 0.6 is 23.2 Å². The average Bonchev–Trinajstić information content (AvgIpc) is 2.41. The predicted molar refractivity (Wildman–Crippen MR) is 92.4 cm³/mol. The van der Waals surface area contributed by atoms with E-state index < -0.39 is 0 Å². The molecular formula is C17H26Cl2N2. The fourth-order valence-corrected chi connectivity index (χ4v) is 3.26. The summed E-state index contributed by atoms with van der Waals surface area (Å²) in [5.74, 6) is 0. The minimum Gasteiger partial charge on any atom is -0.307 e. The Kier molecular flexibility index (Phi) is 5.59. The van der Waals surface area contributed by atoms with E-state index in [1.165, 1.54) is 18.4 Å². The lowest BCUT2D eigenvalue weighted by atomic mass is 9.97. The van der Waals surface area contributed by atoms with Gasteiger partial charge >= 0.3 is 0 Å². The smallest absolute Gasteiger partial charge is 0.0595 e. The van der Waals surface area contributed by atoms with Gasteiger partial charge in [0.2, 0.25) is 0 Å². The van der Waals surface area contributed by atoms with Crippen molar-refractivity contribution in [1.82, 2.24) is 10.2 Å². The van der Waals surface area contributed by atoms with Crippen molar-refractivity contribution in [2.45, 2.75) is 58.2 Å². The van der Waals surface area contributed by atoms with Gasteiger partial charge in [-0.15, -0.1) is 0 Å². The lowest BCUT2D eigenvalue weighted by Crippen LogP contribution is -2.50. The largest absolute Gasteiger partial charge is 0.307 e. The molecule has 1 saturated heterocycles. The Labute approximate surface area is 138 Å². The van der Waals surface area contributed by atoms with Crippen LogP contribution in [0.15, 0.2) is 18.2 Å². The van der Waals surface area contributed by atoms with Gasteiger partial charge in [0.05, 0.1) is 10.0 Å². The first kappa shape index (κ1) is 17.1. The molecule has 1 heterocycles. The molecular weight excluding hydrogens is 303 g/mol. The highest BCUT2D eigenvalue weighted by molar-refractivity contribution is 6.42. The molecule has 4 heteroatoms. The Balaban J connectivity index is 1.89. The number of halogens is 2. The SMILES string of the molecule is CC(NC1CCN(C(C)(C)C)CC1)c1ccc(Cl)c(Cl)c1. The lowest BCUT2D eigenvalue weighted by molar-refractivity contribution is 0.0942. The molecule has 0 spiro atoms. The van der Waals surface area contributed by atoms with Crippen LogP contribution in [0.2, 0.25) is 10.0 Å². The first-order valence-electron chi connectivity index (χ1n) is 7.73. The summed E-state index contributed by atoms with van der Waals surface area (Å²) in [6.45, 7) is 11.4. The van der Waals surface area contributed by atoms with Crippen LogP contribution in [-0.4, -0.2) is 29.6 Å². The van der Waals surface area contributed by atoms with Gasteiger partial charge in [-0.05, 0) is 58.2 Å². The van der Waals surface area contributed by atoms with Crippen molar-refractivity contribution in [3.63, 3.8) is 0 Å². The maximum Gasteiger partial charge on any atom is 0.0595 e. The number of likely N-dealkylation sites (tertiary alicyclic amines) is 1. The Hall–Kier alpha value is -0.280. The first-order chi connectivity index (χ1) is 9.77. The number of hydrogen-bond acceptors (Lipinski definition) is 2. The Morgan fingerprint density at radius 2 is 1.76 bits per heavy atom. The van der Waals surface area contributed by atoms with Crippen LogP contribution < -0.4 is 5.32 Å². The topological polar surface area (TPSA) is 15.3 Å². The molecule has 0 saturated carbocycles. The van der Waals surface area contributed by atoms with Crippen molar-refractivity contribution < 1.29 is 0 Å². The van der Waals surface area contributed by atoms with Crippen molar-refractivity contribution in [3.05, 3.63) is 33.8 Å². The zero-order valence-corrected chi connectivity index (χ0v) is 14.9. The molecule has 1 fully saturated rings. The van der Waals surface area contributed by atoms with E-state index in [4.69, 9.17) is 23.2 Å². The molecule has 1 atom stereocenters. The normalized spacial score (nSPS) is 19.7. The van der Waals surface area contributed by atoms with Gasteiger partial charge in [-0.25, -0.2) is 0 Å². The lowest BCUT2D eigenvalue weighted by Gasteiger charge is -2.41. The molecule has 1 unspecified atom stereocenters. The summed E-state index contributed by atoms with van der Waals surface area (Å²) in [7, 11) is 0. The van der Waals surface area contributed by atoms with Crippen LogP contribution in [0.25, 0.3) is 0 Å². The summed E-state index contributed by atoms with van der Waals surface area (Å²) >= 11 is 12.1. The molecule has 0 radical (unpaired) electrons. The summed E-state index contributed by atoms with van der Waals surface area (Å²) in [6, 6.07) is 6.76. The minimum absolute atomic E-state index is 0.278. The molecule has 118 valence electrons. The van der Waals surface area contributed by atoms with Gasteiger partial charge in [-0.2, -0.15) is 0 Å². The maximum absolute atomic E-state index is 6.10. The van der Waals surface area contributed by atoms with E-state index in [0.29, 0.717) is 22.1 Å². The second-order valence-corrected chi connectivity index (χ2v) is 7.81. The molecule has 0 aliphatic carbocycles. The van der Waals surface area contributed by atoms with Gasteiger partial charge in [0, 0.05) is 30.7 Å². The molecule has 1 aromatic carbocycles. The predicted octanol–water partition coefficient (Wildman–Crippen LogP) is 4.91. The van der Waals surface area contributed by atoms with E-state index >= 15 is 0 Å². The Bertz CT molecular complexity index is 474. The van der Waals surface area contributed by atoms with Crippen molar-refractivity contribution in [3.8, 4) is 0 Å². The van der Waals surface area contributed by atoms with E-state index in [9.17, 15) is 0 Å². The van der Waals surface area contributed by atoms with Crippen molar-refractivity contribution in [2.75, 3.05) is 13.1 Å². The van der Waals surface area contributed by atoms with Crippen LogP contribution in [0.1, 0.15) is 52.1 Å². The number of nitrogens with zero attached hydrogens (tertiary/aromatic N) is 1. The second kappa shape index (κ2) is 6.87. The highest BCUT2D eigenvalue weighted by Gasteiger charge is 2.27. The average molecular weight is 329 g/mol. The molecule has 1 aromatic rings. The third kappa shape index (κ3) is 4.59. The fourth-order valence-electron chi connectivity index (χ4n) is 2.95. The van der Waals surface area contributed by atoms with Gasteiger partial charge in [-0.1, -0.05) is 29.3 Å². The van der Waals surface area contributed by atoms with Gasteiger partial charge in [0.1, 0.15) is 0 Å². The van der Waals surface area contributed by atoms with Crippen LogP contribution in [0, 0.1) is 0 Å². The number of piperidine rings is 1. The quantitative estimate of drug-likeness (QED) is 0.848. The number of nitrogens with one attached hydrogen (secondary N) is 1. The van der Waals surface area contributed by atoms with Crippen LogP contribution in [0.4, 0.5) is 0 Å². The van der Waals surface area contributed by atoms with E-state index in [0.717, 1.165) is 13.1 Å². The monoisotopic (exact) mass is 328 g/mol. The number of hydrogen-bond donors (Lipinski definition) is 1. The zero-order chi connectivity index (χ0) is 15.6. The van der Waals surface area contributed by atoms with Crippen LogP contribution in [0.5, 0.6) is 0 Å². The third-order valence-electron chi connectivity index (χ3n) is 4.37. The van der Waals surface area contributed by atoms with E-state index in [2.05, 4.69) is 44.0 Å². The molecule has 0 aromatic heterocycles. The van der Waals surface area contributed by atoms with Gasteiger partial charge in [-0.3, -0.25) is 4.90 Å². The maximum atomic E-state index is 6.10. The summed E-state index contributed by atoms with van der Waals surface area (Å²) in [5, 5.41) is 4.97. The summed E-state index contributed by atoms with van der Waals surface area (Å²) in [5.41, 5.74) is 1.47. The molecule has 0 amide bonds. The molecule has 0 bridgehead atoms. The molecule has 1 aliphatic heterocycles. The van der Waals surface area contributed by atoms with Crippen LogP contribution in [-0.2, 0) is 0 Å². The van der Waals surface area contributed by atoms with Crippen molar-refractivity contribution >= 4 is 23.2 Å². The summed E-state index contributed by atoms with van der Waals surface area (Å²) in [6.07, 6.45) is 2.39. The van der Waals surface area contributed by atoms with Crippen LogP contribution in [0.3, 0.4) is 0 Å². The minimum atomic E-state index is 0.278. The van der Waals surface area contributed by atoms with Gasteiger partial charge in [0.15, 0.2) is 0 Å². The fraction of sp³-hybridized carbons (Fsp3) is 0.647. The number of rotatable bonds is 3. The van der Waals surface area contributed by atoms with Gasteiger partial charge in [0.25, 0.3) is 0 Å². The van der Waals surface area contributed by atoms with E-state index in [1.807, 2.05) is 12.1 Å². The third-order valence-corrected chi connectivity index (χ3v) is 5.11. The molecule has 2 rings (SSSR count). The highest BCUT2D eigenvalue weighted by atomic mass is 35.5. The molecule has 1 N–H and O–H groups in total. The standard InChI is InChI=1S/C17H26Cl2N2/c1-12(13-5-6-15(18)16(19)11-13)20-14-7-9-21(10-8-14)17(2,3)4/h5-6,11-12,14,20H,7-10H2,1-4H3. The number of benzene rings is 1. The van der Waals surface area contributed by atoms with Gasteiger partial charge < -0.3 is 5.32 Å². The summed E-state index contributed by atoms with van der Waals surface area (Å²) in [4.78, 5) is 2.56. The second-order valence-electron chi connectivity index (χ2n) is 6.99. The van der Waals surface area contributed by atoms with Crippen molar-refractivity contribution in [2.24, 2.45) is 0 Å². The highest BCUT2D eigenvalue weighted by Crippen LogP contribution is 2.27. The van der Waals surface area contributed by atoms with E-state index in [1.54, 1.807) is 0 Å². The molecule has 21 heavy (non-hydrogen) atoms. The Morgan fingerprint density at radius 1 is 1.14 bits per heavy atom. The van der Waals surface area contributed by atoms with Crippen molar-refractivity contribution in [1.29, 1.82) is 0 Å². The Morgan fingerprint density at radius 3 is 2.29 bits per heavy atom. The molecule has 1 aliphatic rings.